The molecule has 0 unspecified atom stereocenters. The van der Waals surface area contributed by atoms with Crippen molar-refractivity contribution in [1.82, 2.24) is 44.1 Å². The van der Waals surface area contributed by atoms with Gasteiger partial charge in [-0.3, -0.25) is 0 Å². The normalized spacial score (nSPS) is 16.3. The molecular weight excluding hydrogens is 1880 g/mol. The van der Waals surface area contributed by atoms with E-state index < -0.39 is 34.4 Å². The summed E-state index contributed by atoms with van der Waals surface area (Å²) in [4.78, 5) is 17.8. The summed E-state index contributed by atoms with van der Waals surface area (Å²) in [5, 5.41) is 56.1. The van der Waals surface area contributed by atoms with Crippen LogP contribution in [0.15, 0.2) is 218 Å². The minimum atomic E-state index is -3.68. The minimum absolute atomic E-state index is 0.122. The molecule has 4 atom stereocenters. The molecule has 4 N–H and O–H groups in total. The molecule has 0 spiro atoms. The summed E-state index contributed by atoms with van der Waals surface area (Å²) in [6, 6.07) is 54.6. The van der Waals surface area contributed by atoms with E-state index >= 15 is 0 Å². The van der Waals surface area contributed by atoms with Crippen LogP contribution in [0, 0.1) is 27.7 Å². The molecule has 15 aromatic rings. The van der Waals surface area contributed by atoms with Gasteiger partial charge in [0.1, 0.15) is 108 Å². The van der Waals surface area contributed by atoms with Crippen LogP contribution < -0.4 is 18.9 Å². The van der Waals surface area contributed by atoms with Gasteiger partial charge in [-0.2, -0.15) is 0 Å². The third kappa shape index (κ3) is 25.9. The number of rotatable bonds is 32. The molecule has 0 aliphatic carbocycles. The van der Waals surface area contributed by atoms with Gasteiger partial charge in [-0.05, 0) is 272 Å². The molecule has 4 aliphatic heterocycles. The maximum Gasteiger partial charge on any atom is 0.283 e. The quantitative estimate of drug-likeness (QED) is 0.0304. The van der Waals surface area contributed by atoms with Gasteiger partial charge < -0.3 is 89.9 Å². The van der Waals surface area contributed by atoms with Gasteiger partial charge in [0.2, 0.25) is 11.0 Å². The number of furan rings is 4. The van der Waals surface area contributed by atoms with E-state index in [1.807, 2.05) is 125 Å². The van der Waals surface area contributed by atoms with E-state index in [-0.39, 0.29) is 37.4 Å². The van der Waals surface area contributed by atoms with Gasteiger partial charge in [-0.1, -0.05) is 147 Å². The van der Waals surface area contributed by atoms with Gasteiger partial charge in [0.05, 0.1) is 54.0 Å². The fourth-order valence-electron chi connectivity index (χ4n) is 18.5. The lowest BCUT2D eigenvalue weighted by Crippen LogP contribution is -2.40. The Morgan fingerprint density at radius 1 is 0.379 bits per heavy atom. The van der Waals surface area contributed by atoms with Crippen molar-refractivity contribution >= 4 is 100 Å². The van der Waals surface area contributed by atoms with E-state index in [1.165, 1.54) is 64.7 Å². The van der Waals surface area contributed by atoms with Gasteiger partial charge in [0, 0.05) is 83.3 Å². The highest BCUT2D eigenvalue weighted by atomic mass is 35.5. The summed E-state index contributed by atoms with van der Waals surface area (Å²) in [5.74, 6) is 9.76. The van der Waals surface area contributed by atoms with E-state index in [0.29, 0.717) is 162 Å². The number of oxazole rings is 2. The molecule has 742 valence electrons. The van der Waals surface area contributed by atoms with Crippen molar-refractivity contribution in [2.75, 3.05) is 119 Å². The van der Waals surface area contributed by atoms with Crippen molar-refractivity contribution in [3.05, 3.63) is 264 Å². The lowest BCUT2D eigenvalue weighted by Gasteiger charge is -2.33. The number of ether oxygens (including phenoxy) is 4. The van der Waals surface area contributed by atoms with Gasteiger partial charge in [-0.25, -0.2) is 22.7 Å². The average molecular weight is 2010 g/mol. The third-order valence-electron chi connectivity index (χ3n) is 27.0. The summed E-state index contributed by atoms with van der Waals surface area (Å²) < 4.78 is 90.3. The largest absolute Gasteiger partial charge is 0.490 e. The zero-order chi connectivity index (χ0) is 98.4. The molecule has 0 saturated carbocycles. The van der Waals surface area contributed by atoms with Crippen molar-refractivity contribution in [3.8, 4) is 58.0 Å². The number of hydrogen-bond acceptors (Lipinski definition) is 25. The fraction of sp³-hybridized carbons (Fsp3) is 0.413. The second-order valence-electron chi connectivity index (χ2n) is 37.6. The Morgan fingerprint density at radius 3 is 0.993 bits per heavy atom. The summed E-state index contributed by atoms with van der Waals surface area (Å²) in [6.07, 6.45) is 11.0. The van der Waals surface area contributed by atoms with Crippen LogP contribution in [0.5, 0.6) is 23.0 Å². The summed E-state index contributed by atoms with van der Waals surface area (Å²) >= 11 is 24.5. The second kappa shape index (κ2) is 47.1. The number of halogens is 4. The Morgan fingerprint density at radius 2 is 0.693 bits per heavy atom. The molecule has 8 aromatic carbocycles. The Balaban J connectivity index is 0.000000135. The minimum Gasteiger partial charge on any atom is -0.490 e. The predicted octanol–water partition coefficient (Wildman–Crippen LogP) is 22.9. The van der Waals surface area contributed by atoms with Crippen LogP contribution in [0.3, 0.4) is 0 Å². The Labute approximate surface area is 837 Å². The number of hydrogen-bond donors (Lipinski definition) is 4. The molecule has 4 saturated heterocycles. The number of sulfonamides is 1. The number of piperidine rings is 4. The van der Waals surface area contributed by atoms with Crippen molar-refractivity contribution in [2.24, 2.45) is 0 Å². The van der Waals surface area contributed by atoms with E-state index in [2.05, 4.69) is 116 Å². The number of likely N-dealkylation sites (tertiary alicyclic amines) is 4. The van der Waals surface area contributed by atoms with Crippen molar-refractivity contribution in [3.63, 3.8) is 0 Å². The number of β-amino-alcohol motifs (C(OH)–C–C–N with tert-alkyl or cyclic N) is 4. The Hall–Kier alpha value is -10.6. The second-order valence-corrected chi connectivity index (χ2v) is 41.3. The zero-order valence-corrected chi connectivity index (χ0v) is 84.8. The molecule has 19 rings (SSSR count). The molecule has 26 nitrogen and oxygen atoms in total. The van der Waals surface area contributed by atoms with Crippen LogP contribution in [-0.4, -0.2) is 216 Å². The number of aromatic nitrogens is 4. The van der Waals surface area contributed by atoms with Crippen molar-refractivity contribution in [2.45, 2.75) is 179 Å². The fourth-order valence-corrected chi connectivity index (χ4v) is 19.9. The zero-order valence-electron chi connectivity index (χ0n) is 80.9. The third-order valence-corrected chi connectivity index (χ3v) is 30.1. The van der Waals surface area contributed by atoms with Crippen LogP contribution in [-0.2, 0) is 22.9 Å². The van der Waals surface area contributed by atoms with E-state index in [1.54, 1.807) is 30.6 Å². The molecule has 31 heteroatoms. The van der Waals surface area contributed by atoms with E-state index in [4.69, 9.17) is 96.3 Å². The van der Waals surface area contributed by atoms with Gasteiger partial charge in [-0.15, -0.1) is 10.2 Å². The highest BCUT2D eigenvalue weighted by molar-refractivity contribution is 7.89. The van der Waals surface area contributed by atoms with E-state index in [9.17, 15) is 28.8 Å². The molecule has 0 amide bonds. The maximum atomic E-state index is 12.4. The first-order valence-corrected chi connectivity index (χ1v) is 51.4. The van der Waals surface area contributed by atoms with Gasteiger partial charge >= 0.3 is 0 Å². The predicted molar refractivity (Wildman–Crippen MR) is 547 cm³/mol. The summed E-state index contributed by atoms with van der Waals surface area (Å²) in [5.41, 5.74) is 13.2. The topological polar surface area (TPSA) is 312 Å². The first kappa shape index (κ1) is 102. The number of aliphatic hydroxyl groups excluding tert-OH is 4. The van der Waals surface area contributed by atoms with Crippen LogP contribution in [0.1, 0.15) is 171 Å². The molecule has 4 aliphatic rings. The maximum absolute atomic E-state index is 12.4. The highest BCUT2D eigenvalue weighted by Gasteiger charge is 2.32. The Bertz CT molecular complexity index is 6550. The molecule has 0 bridgehead atoms. The molecule has 4 fully saturated rings. The number of aryl methyl sites for hydroxylation is 6. The van der Waals surface area contributed by atoms with Crippen LogP contribution in [0.25, 0.3) is 78.8 Å². The van der Waals surface area contributed by atoms with Crippen LogP contribution >= 0.6 is 46.4 Å². The summed E-state index contributed by atoms with van der Waals surface area (Å²) in [6.45, 7) is 27.2. The monoisotopic (exact) mass is 2000 g/mol. The molecular formula is C109H125Cl4N9O17S. The van der Waals surface area contributed by atoms with Gasteiger partial charge in [0.15, 0.2) is 17.3 Å². The lowest BCUT2D eigenvalue weighted by molar-refractivity contribution is 0.0598. The van der Waals surface area contributed by atoms with Gasteiger partial charge in [0.25, 0.3) is 27.7 Å². The molecule has 140 heavy (non-hydrogen) atoms. The van der Waals surface area contributed by atoms with Crippen LogP contribution in [0.4, 0.5) is 0 Å². The standard InChI is InChI=1S/C29H34N2O4.C27H29Cl2N3O4.C27H28Cl2N2O4.C26H34N2O5S/c1-4-24-16-30-29(34-24)28-15-25-26(6-5-7-27(25)35-28)33-18-23(32)17-31-12-10-21(11-13-31)22-9-8-19(2)20(3)14-22;1-16(2)26-30-31-27(36-26)25-13-20-23(4-3-5-24(20)35-25)34-15-19(33)14-32-10-8-17(9-11-32)18-6-7-21(28)22(29)12-18;1-2-20-14-30-27(34-20)26-13-21-24(4-3-5-25(21)35-26)33-16-19(32)15-31-10-8-17(9-11-31)18-6-7-22(28)23(29)12-18;1-18-8-9-21(14-19(18)2)20-10-12-28(13-11-20)16-22(29)17-32-24-6-5-7-25-23(24)15-26(33-25)34(30,31)27(3)4/h5-9,14-16,21,23,32H,4,10-13,17-18H2,1-3H3;3-7,12-13,16-17,19,33H,8-11,14-15H2,1-2H3;3-7,12-14,17,19,32H,2,8-11,15-16H2,1H3;5-9,14-15,20,22,29H,10-13,16-17H2,1-4H3/t23-;2*19-;22-/m0000/s1. The summed E-state index contributed by atoms with van der Waals surface area (Å²) in [7, 11) is -0.762. The first-order chi connectivity index (χ1) is 67.5. The number of benzene rings is 8. The molecule has 0 radical (unpaired) electrons. The molecule has 7 aromatic heterocycles. The lowest BCUT2D eigenvalue weighted by atomic mass is 9.88. The molecule has 11 heterocycles. The Kier molecular flexibility index (Phi) is 34.4. The SMILES string of the molecule is CC(C)c1nnc(-c2cc3c(OC[C@@H](O)CN4CCC(c5ccc(Cl)c(Cl)c5)CC4)cccc3o2)o1.CCc1cnc(-c2cc3c(OC[C@@H](O)CN4CCC(c5ccc(C)c(C)c5)CC4)cccc3o2)o1.CCc1cnc(-c2cc3c(OC[C@@H](O)CN4CCC(c5ccc(Cl)c(Cl)c5)CC4)cccc3o2)o1.Cc1ccc(C2CCN(C[C@H](O)COc3cccc4oc(S(=O)(=O)N(C)C)cc34)CC2)cc1C. The first-order valence-electron chi connectivity index (χ1n) is 48.5. The smallest absolute Gasteiger partial charge is 0.283 e. The van der Waals surface area contributed by atoms with E-state index in [0.717, 1.165) is 149 Å². The van der Waals surface area contributed by atoms with Crippen LogP contribution in [0.2, 0.25) is 20.1 Å². The van der Waals surface area contributed by atoms with Crippen molar-refractivity contribution in [1.29, 1.82) is 0 Å². The number of nitrogens with zero attached hydrogens (tertiary/aromatic N) is 9. The number of fused-ring (bicyclic) bond motifs is 4. The number of aliphatic hydroxyl groups is 4. The average Bonchev–Trinajstić information content (AvgIpc) is 1.67. The highest BCUT2D eigenvalue weighted by Crippen LogP contribution is 2.42. The van der Waals surface area contributed by atoms with Crippen molar-refractivity contribution < 1.29 is 78.7 Å².